The molecule has 7 heteroatoms. The number of Topliss-reactive ketones (excluding diaryl/α,β-unsaturated/α-hetero) is 1. The van der Waals surface area contributed by atoms with E-state index in [1.54, 1.807) is 6.92 Å². The lowest BCUT2D eigenvalue weighted by molar-refractivity contribution is -0.162. The van der Waals surface area contributed by atoms with Crippen molar-refractivity contribution in [2.45, 2.75) is 39.5 Å². The molecule has 0 aromatic rings. The smallest absolute Gasteiger partial charge is 0.319 e. The number of ketones is 1. The number of carbonyl (C=O) groups excluding carboxylic acids is 4. The van der Waals surface area contributed by atoms with Crippen LogP contribution in [-0.2, 0) is 33.4 Å². The number of hydrogen-bond donors (Lipinski definition) is 0. The minimum atomic E-state index is -1.53. The highest BCUT2D eigenvalue weighted by Gasteiger charge is 2.45. The molecule has 0 aliphatic heterocycles. The van der Waals surface area contributed by atoms with Gasteiger partial charge in [0.15, 0.2) is 0 Å². The molecule has 0 radical (unpaired) electrons. The third-order valence-corrected chi connectivity index (χ3v) is 3.31. The number of ether oxygens (including phenoxy) is 3. The van der Waals surface area contributed by atoms with Crippen molar-refractivity contribution in [2.24, 2.45) is 5.41 Å². The predicted molar refractivity (Wildman–Crippen MR) is 72.2 cm³/mol. The minimum Gasteiger partial charge on any atom is -0.469 e. The highest BCUT2D eigenvalue weighted by Crippen LogP contribution is 2.33. The first kappa shape index (κ1) is 19.1. The Morgan fingerprint density at radius 3 is 1.62 bits per heavy atom. The van der Waals surface area contributed by atoms with Gasteiger partial charge >= 0.3 is 17.9 Å². The van der Waals surface area contributed by atoms with Crippen LogP contribution in [0, 0.1) is 5.41 Å². The fourth-order valence-electron chi connectivity index (χ4n) is 1.93. The van der Waals surface area contributed by atoms with Crippen LogP contribution in [0.15, 0.2) is 0 Å². The van der Waals surface area contributed by atoms with Crippen molar-refractivity contribution in [3.8, 4) is 0 Å². The van der Waals surface area contributed by atoms with Gasteiger partial charge in [0.2, 0.25) is 0 Å². The monoisotopic (exact) mass is 302 g/mol. The average molecular weight is 302 g/mol. The van der Waals surface area contributed by atoms with Crippen molar-refractivity contribution < 1.29 is 33.4 Å². The van der Waals surface area contributed by atoms with Crippen molar-refractivity contribution in [2.75, 3.05) is 20.8 Å². The molecule has 0 atom stereocenters. The summed E-state index contributed by atoms with van der Waals surface area (Å²) in [5.41, 5.74) is -1.53. The Bertz CT molecular complexity index is 380. The fraction of sp³-hybridized carbons (Fsp3) is 0.714. The summed E-state index contributed by atoms with van der Waals surface area (Å²) in [5.74, 6) is -2.26. The summed E-state index contributed by atoms with van der Waals surface area (Å²) in [6.45, 7) is 2.96. The van der Waals surface area contributed by atoms with E-state index in [9.17, 15) is 19.2 Å². The van der Waals surface area contributed by atoms with Crippen LogP contribution >= 0.6 is 0 Å². The number of esters is 3. The molecular weight excluding hydrogens is 280 g/mol. The first-order valence-corrected chi connectivity index (χ1v) is 6.66. The van der Waals surface area contributed by atoms with Gasteiger partial charge in [0, 0.05) is 12.8 Å². The molecule has 0 amide bonds. The third-order valence-electron chi connectivity index (χ3n) is 3.31. The summed E-state index contributed by atoms with van der Waals surface area (Å²) >= 11 is 0. The van der Waals surface area contributed by atoms with Gasteiger partial charge in [0.25, 0.3) is 0 Å². The summed E-state index contributed by atoms with van der Waals surface area (Å²) in [7, 11) is 2.44. The molecular formula is C14H22O7. The van der Waals surface area contributed by atoms with Crippen molar-refractivity contribution in [1.29, 1.82) is 0 Å². The van der Waals surface area contributed by atoms with Crippen LogP contribution in [0.2, 0.25) is 0 Å². The first-order chi connectivity index (χ1) is 9.83. The second kappa shape index (κ2) is 9.10. The molecule has 0 aromatic heterocycles. The average Bonchev–Trinajstić information content (AvgIpc) is 2.46. The van der Waals surface area contributed by atoms with Gasteiger partial charge in [0.1, 0.15) is 11.2 Å². The molecule has 0 aromatic carbocycles. The van der Waals surface area contributed by atoms with E-state index in [1.165, 1.54) is 21.1 Å². The Kier molecular flexibility index (Phi) is 8.26. The number of methoxy groups -OCH3 is 2. The lowest BCUT2D eigenvalue weighted by Gasteiger charge is -2.28. The van der Waals surface area contributed by atoms with E-state index in [-0.39, 0.29) is 32.3 Å². The zero-order valence-corrected chi connectivity index (χ0v) is 12.9. The van der Waals surface area contributed by atoms with Gasteiger partial charge in [-0.25, -0.2) is 0 Å². The van der Waals surface area contributed by atoms with Crippen LogP contribution in [0.3, 0.4) is 0 Å². The largest absolute Gasteiger partial charge is 0.469 e. The Labute approximate surface area is 123 Å². The molecule has 0 fully saturated rings. The Morgan fingerprint density at radius 1 is 0.905 bits per heavy atom. The van der Waals surface area contributed by atoms with Gasteiger partial charge in [-0.05, 0) is 26.7 Å². The fourth-order valence-corrected chi connectivity index (χ4v) is 1.93. The van der Waals surface area contributed by atoms with E-state index in [0.29, 0.717) is 0 Å². The zero-order chi connectivity index (χ0) is 16.5. The zero-order valence-electron chi connectivity index (χ0n) is 12.9. The molecule has 0 heterocycles. The van der Waals surface area contributed by atoms with E-state index in [1.807, 2.05) is 0 Å². The maximum Gasteiger partial charge on any atom is 0.319 e. The Hall–Kier alpha value is -1.92. The van der Waals surface area contributed by atoms with Gasteiger partial charge in [0.05, 0.1) is 20.8 Å². The topological polar surface area (TPSA) is 96.0 Å². The molecule has 0 unspecified atom stereocenters. The van der Waals surface area contributed by atoms with Gasteiger partial charge in [-0.2, -0.15) is 0 Å². The maximum atomic E-state index is 12.2. The lowest BCUT2D eigenvalue weighted by Crippen LogP contribution is -2.40. The van der Waals surface area contributed by atoms with Crippen molar-refractivity contribution in [1.82, 2.24) is 0 Å². The molecule has 120 valence electrons. The quantitative estimate of drug-likeness (QED) is 0.356. The number of hydrogen-bond acceptors (Lipinski definition) is 7. The van der Waals surface area contributed by atoms with Crippen molar-refractivity contribution in [3.05, 3.63) is 0 Å². The summed E-state index contributed by atoms with van der Waals surface area (Å²) < 4.78 is 14.0. The Morgan fingerprint density at radius 2 is 1.33 bits per heavy atom. The van der Waals surface area contributed by atoms with Gasteiger partial charge in [-0.15, -0.1) is 0 Å². The van der Waals surface area contributed by atoms with Crippen molar-refractivity contribution in [3.63, 3.8) is 0 Å². The standard InChI is InChI=1S/C14H22O7/c1-5-21-13(18)14(10(2)15,8-6-11(16)19-3)9-7-12(17)20-4/h5-9H2,1-4H3. The normalized spacial score (nSPS) is 10.7. The number of rotatable bonds is 9. The van der Waals surface area contributed by atoms with E-state index in [4.69, 9.17) is 4.74 Å². The SMILES string of the molecule is CCOC(=O)C(CCC(=O)OC)(CCC(=O)OC)C(C)=O. The van der Waals surface area contributed by atoms with E-state index in [0.717, 1.165) is 0 Å². The number of carbonyl (C=O) groups is 4. The van der Waals surface area contributed by atoms with Crippen LogP contribution in [-0.4, -0.2) is 44.5 Å². The molecule has 0 bridgehead atoms. The summed E-state index contributed by atoms with van der Waals surface area (Å²) in [5, 5.41) is 0. The molecule has 7 nitrogen and oxygen atoms in total. The Balaban J connectivity index is 5.23. The van der Waals surface area contributed by atoms with E-state index in [2.05, 4.69) is 9.47 Å². The van der Waals surface area contributed by atoms with Crippen LogP contribution in [0.4, 0.5) is 0 Å². The molecule has 0 rings (SSSR count). The first-order valence-electron chi connectivity index (χ1n) is 6.66. The van der Waals surface area contributed by atoms with Gasteiger partial charge in [-0.3, -0.25) is 19.2 Å². The maximum absolute atomic E-state index is 12.2. The van der Waals surface area contributed by atoms with Crippen LogP contribution in [0.5, 0.6) is 0 Å². The van der Waals surface area contributed by atoms with E-state index >= 15 is 0 Å². The van der Waals surface area contributed by atoms with E-state index < -0.39 is 29.1 Å². The molecule has 0 saturated heterocycles. The van der Waals surface area contributed by atoms with Gasteiger partial charge < -0.3 is 14.2 Å². The second-order valence-corrected chi connectivity index (χ2v) is 4.51. The minimum absolute atomic E-state index is 0.0646. The lowest BCUT2D eigenvalue weighted by atomic mass is 9.75. The molecule has 21 heavy (non-hydrogen) atoms. The predicted octanol–water partition coefficient (Wildman–Crippen LogP) is 1.03. The molecule has 0 aliphatic rings. The van der Waals surface area contributed by atoms with Crippen molar-refractivity contribution >= 4 is 23.7 Å². The molecule has 0 saturated carbocycles. The summed E-state index contributed by atoms with van der Waals surface area (Å²) in [6.07, 6.45) is -0.359. The van der Waals surface area contributed by atoms with Gasteiger partial charge in [-0.1, -0.05) is 0 Å². The molecule has 0 spiro atoms. The van der Waals surface area contributed by atoms with Crippen LogP contribution in [0.1, 0.15) is 39.5 Å². The highest BCUT2D eigenvalue weighted by atomic mass is 16.5. The van der Waals surface area contributed by atoms with Crippen LogP contribution < -0.4 is 0 Å². The summed E-state index contributed by atoms with van der Waals surface area (Å²) in [4.78, 5) is 46.7. The summed E-state index contributed by atoms with van der Waals surface area (Å²) in [6, 6.07) is 0. The highest BCUT2D eigenvalue weighted by molar-refractivity contribution is 6.03. The molecule has 0 N–H and O–H groups in total. The second-order valence-electron chi connectivity index (χ2n) is 4.51. The third kappa shape index (κ3) is 5.53. The van der Waals surface area contributed by atoms with Crippen LogP contribution in [0.25, 0.3) is 0 Å². The molecule has 0 aliphatic carbocycles.